The van der Waals surface area contributed by atoms with E-state index in [0.717, 1.165) is 49.9 Å². The molecule has 1 aliphatic rings. The molecule has 1 saturated heterocycles. The Morgan fingerprint density at radius 3 is 2.46 bits per heavy atom. The van der Waals surface area contributed by atoms with E-state index in [1.165, 1.54) is 11.1 Å². The van der Waals surface area contributed by atoms with Crippen molar-refractivity contribution in [1.82, 2.24) is 10.2 Å². The molecule has 1 fully saturated rings. The van der Waals surface area contributed by atoms with Crippen LogP contribution in [0.5, 0.6) is 0 Å². The standard InChI is InChI=1S/C21H25ClN2O2/c22-20-8-5-17(6-9-20)7-10-21(25)23-15-18-3-1-2-4-19(18)16-24-11-13-26-14-12-24/h1-6,8-9H,7,10-16H2,(H,23,25). The highest BCUT2D eigenvalue weighted by atomic mass is 35.5. The smallest absolute Gasteiger partial charge is 0.220 e. The number of nitrogens with zero attached hydrogens (tertiary/aromatic N) is 1. The minimum atomic E-state index is 0.0705. The summed E-state index contributed by atoms with van der Waals surface area (Å²) in [4.78, 5) is 14.6. The first kappa shape index (κ1) is 18.9. The number of halogens is 1. The molecule has 0 atom stereocenters. The van der Waals surface area contributed by atoms with Crippen LogP contribution < -0.4 is 5.32 Å². The Labute approximate surface area is 160 Å². The van der Waals surface area contributed by atoms with Gasteiger partial charge in [0.2, 0.25) is 5.91 Å². The number of morpholine rings is 1. The Bertz CT molecular complexity index is 712. The molecule has 1 N–H and O–H groups in total. The summed E-state index contributed by atoms with van der Waals surface area (Å²) < 4.78 is 5.41. The number of carbonyl (C=O) groups excluding carboxylic acids is 1. The van der Waals surface area contributed by atoms with Gasteiger partial charge in [0.1, 0.15) is 0 Å². The molecule has 2 aromatic rings. The number of nitrogens with one attached hydrogen (secondary N) is 1. The Hall–Kier alpha value is -1.88. The molecule has 4 nitrogen and oxygen atoms in total. The van der Waals surface area contributed by atoms with Gasteiger partial charge in [-0.2, -0.15) is 0 Å². The van der Waals surface area contributed by atoms with E-state index in [4.69, 9.17) is 16.3 Å². The Kier molecular flexibility index (Phi) is 7.06. The number of benzene rings is 2. The maximum absolute atomic E-state index is 12.2. The van der Waals surface area contributed by atoms with Crippen molar-refractivity contribution >= 4 is 17.5 Å². The average molecular weight is 373 g/mol. The van der Waals surface area contributed by atoms with Crippen LogP contribution >= 0.6 is 11.6 Å². The highest BCUT2D eigenvalue weighted by Gasteiger charge is 2.13. The summed E-state index contributed by atoms with van der Waals surface area (Å²) >= 11 is 5.89. The molecule has 0 radical (unpaired) electrons. The molecular formula is C21H25ClN2O2. The molecule has 0 bridgehead atoms. The zero-order chi connectivity index (χ0) is 18.2. The number of aryl methyl sites for hydroxylation is 1. The van der Waals surface area contributed by atoms with Crippen LogP contribution in [0.25, 0.3) is 0 Å². The summed E-state index contributed by atoms with van der Waals surface area (Å²) in [6, 6.07) is 16.0. The molecule has 0 aliphatic carbocycles. The van der Waals surface area contributed by atoms with E-state index in [1.54, 1.807) is 0 Å². The Morgan fingerprint density at radius 1 is 1.04 bits per heavy atom. The van der Waals surface area contributed by atoms with Gasteiger partial charge in [0.15, 0.2) is 0 Å². The lowest BCUT2D eigenvalue weighted by atomic mass is 10.1. The van der Waals surface area contributed by atoms with Crippen molar-refractivity contribution in [2.24, 2.45) is 0 Å². The van der Waals surface area contributed by atoms with Gasteiger partial charge in [-0.3, -0.25) is 9.69 Å². The first-order valence-electron chi connectivity index (χ1n) is 9.09. The number of rotatable bonds is 7. The van der Waals surface area contributed by atoms with Crippen LogP contribution in [-0.4, -0.2) is 37.1 Å². The van der Waals surface area contributed by atoms with Crippen molar-refractivity contribution in [3.63, 3.8) is 0 Å². The lowest BCUT2D eigenvalue weighted by molar-refractivity contribution is -0.121. The quantitative estimate of drug-likeness (QED) is 0.809. The van der Waals surface area contributed by atoms with E-state index >= 15 is 0 Å². The number of hydrogen-bond donors (Lipinski definition) is 1. The monoisotopic (exact) mass is 372 g/mol. The normalized spacial score (nSPS) is 15.0. The van der Waals surface area contributed by atoms with Crippen LogP contribution in [0.1, 0.15) is 23.1 Å². The third kappa shape index (κ3) is 5.84. The van der Waals surface area contributed by atoms with Crippen molar-refractivity contribution in [2.45, 2.75) is 25.9 Å². The van der Waals surface area contributed by atoms with E-state index < -0.39 is 0 Å². The lowest BCUT2D eigenvalue weighted by Crippen LogP contribution is -2.36. The van der Waals surface area contributed by atoms with Crippen LogP contribution in [0.15, 0.2) is 48.5 Å². The second-order valence-electron chi connectivity index (χ2n) is 6.56. The van der Waals surface area contributed by atoms with Crippen LogP contribution in [0.2, 0.25) is 5.02 Å². The molecular weight excluding hydrogens is 348 g/mol. The fourth-order valence-corrected chi connectivity index (χ4v) is 3.20. The van der Waals surface area contributed by atoms with Crippen molar-refractivity contribution in [3.05, 3.63) is 70.2 Å². The molecule has 2 aromatic carbocycles. The van der Waals surface area contributed by atoms with Gasteiger partial charge in [-0.15, -0.1) is 0 Å². The molecule has 138 valence electrons. The molecule has 1 aliphatic heterocycles. The molecule has 0 saturated carbocycles. The second kappa shape index (κ2) is 9.72. The zero-order valence-electron chi connectivity index (χ0n) is 14.9. The number of ether oxygens (including phenoxy) is 1. The van der Waals surface area contributed by atoms with Crippen LogP contribution in [0, 0.1) is 0 Å². The minimum Gasteiger partial charge on any atom is -0.379 e. The molecule has 5 heteroatoms. The molecule has 0 spiro atoms. The SMILES string of the molecule is O=C(CCc1ccc(Cl)cc1)NCc1ccccc1CN1CCOCC1. The number of hydrogen-bond acceptors (Lipinski definition) is 3. The van der Waals surface area contributed by atoms with E-state index in [-0.39, 0.29) is 5.91 Å². The summed E-state index contributed by atoms with van der Waals surface area (Å²) in [6.45, 7) is 4.98. The van der Waals surface area contributed by atoms with Gasteiger partial charge in [-0.1, -0.05) is 48.0 Å². The van der Waals surface area contributed by atoms with Gasteiger partial charge in [0.05, 0.1) is 13.2 Å². The van der Waals surface area contributed by atoms with Gasteiger partial charge in [-0.05, 0) is 35.2 Å². The third-order valence-corrected chi connectivity index (χ3v) is 4.90. The highest BCUT2D eigenvalue weighted by molar-refractivity contribution is 6.30. The van der Waals surface area contributed by atoms with E-state index in [2.05, 4.69) is 28.4 Å². The van der Waals surface area contributed by atoms with E-state index in [0.29, 0.717) is 13.0 Å². The predicted molar refractivity (Wildman–Crippen MR) is 104 cm³/mol. The second-order valence-corrected chi connectivity index (χ2v) is 7.00. The minimum absolute atomic E-state index is 0.0705. The van der Waals surface area contributed by atoms with Crippen molar-refractivity contribution in [3.8, 4) is 0 Å². The average Bonchev–Trinajstić information content (AvgIpc) is 2.68. The van der Waals surface area contributed by atoms with Gasteiger partial charge >= 0.3 is 0 Å². The molecule has 26 heavy (non-hydrogen) atoms. The van der Waals surface area contributed by atoms with Gasteiger partial charge in [0, 0.05) is 37.6 Å². The zero-order valence-corrected chi connectivity index (χ0v) is 15.7. The highest BCUT2D eigenvalue weighted by Crippen LogP contribution is 2.14. The van der Waals surface area contributed by atoms with Crippen LogP contribution in [0.3, 0.4) is 0 Å². The van der Waals surface area contributed by atoms with Crippen molar-refractivity contribution in [1.29, 1.82) is 0 Å². The van der Waals surface area contributed by atoms with E-state index in [1.807, 2.05) is 30.3 Å². The summed E-state index contributed by atoms with van der Waals surface area (Å²) in [5.41, 5.74) is 3.57. The molecule has 0 aromatic heterocycles. The maximum atomic E-state index is 12.2. The molecule has 3 rings (SSSR count). The van der Waals surface area contributed by atoms with Crippen molar-refractivity contribution < 1.29 is 9.53 Å². The predicted octanol–water partition coefficient (Wildman–Crippen LogP) is 3.42. The maximum Gasteiger partial charge on any atom is 0.220 e. The fraction of sp³-hybridized carbons (Fsp3) is 0.381. The summed E-state index contributed by atoms with van der Waals surface area (Å²) in [5.74, 6) is 0.0705. The molecule has 0 unspecified atom stereocenters. The first-order chi connectivity index (χ1) is 12.7. The fourth-order valence-electron chi connectivity index (χ4n) is 3.08. The van der Waals surface area contributed by atoms with E-state index in [9.17, 15) is 4.79 Å². The first-order valence-corrected chi connectivity index (χ1v) is 9.46. The summed E-state index contributed by atoms with van der Waals surface area (Å²) in [6.07, 6.45) is 1.20. The van der Waals surface area contributed by atoms with Gasteiger partial charge in [-0.25, -0.2) is 0 Å². The Morgan fingerprint density at radius 2 is 1.73 bits per heavy atom. The topological polar surface area (TPSA) is 41.6 Å². The van der Waals surface area contributed by atoms with Crippen molar-refractivity contribution in [2.75, 3.05) is 26.3 Å². The number of amides is 1. The Balaban J connectivity index is 1.49. The lowest BCUT2D eigenvalue weighted by Gasteiger charge is -2.27. The van der Waals surface area contributed by atoms with Gasteiger partial charge < -0.3 is 10.1 Å². The molecule has 1 amide bonds. The number of carbonyl (C=O) groups is 1. The summed E-state index contributed by atoms with van der Waals surface area (Å²) in [7, 11) is 0. The third-order valence-electron chi connectivity index (χ3n) is 4.65. The van der Waals surface area contributed by atoms with Crippen LogP contribution in [0.4, 0.5) is 0 Å². The van der Waals surface area contributed by atoms with Gasteiger partial charge in [0.25, 0.3) is 0 Å². The van der Waals surface area contributed by atoms with Crippen LogP contribution in [-0.2, 0) is 29.0 Å². The summed E-state index contributed by atoms with van der Waals surface area (Å²) in [5, 5.41) is 3.77. The largest absolute Gasteiger partial charge is 0.379 e. The molecule has 1 heterocycles.